The van der Waals surface area contributed by atoms with Gasteiger partial charge in [-0.1, -0.05) is 6.92 Å². The highest BCUT2D eigenvalue weighted by Crippen LogP contribution is 2.29. The molecule has 0 spiro atoms. The average Bonchev–Trinajstić information content (AvgIpc) is 2.74. The third-order valence-corrected chi connectivity index (χ3v) is 4.30. The van der Waals surface area contributed by atoms with Crippen molar-refractivity contribution in [3.05, 3.63) is 57.3 Å². The maximum Gasteiger partial charge on any atom is 0.126 e. The first kappa shape index (κ1) is 14.2. The van der Waals surface area contributed by atoms with Gasteiger partial charge in [0, 0.05) is 22.2 Å². The van der Waals surface area contributed by atoms with Gasteiger partial charge in [-0.25, -0.2) is 8.78 Å². The lowest BCUT2D eigenvalue weighted by molar-refractivity contribution is 0.0578. The fourth-order valence-corrected chi connectivity index (χ4v) is 3.12. The van der Waals surface area contributed by atoms with E-state index in [0.29, 0.717) is 6.42 Å². The Hall–Kier alpha value is -1.26. The van der Waals surface area contributed by atoms with Crippen molar-refractivity contribution in [2.75, 3.05) is 0 Å². The molecule has 0 fully saturated rings. The van der Waals surface area contributed by atoms with Crippen LogP contribution >= 0.6 is 11.3 Å². The van der Waals surface area contributed by atoms with Gasteiger partial charge in [0.1, 0.15) is 11.6 Å². The second-order valence-corrected chi connectivity index (χ2v) is 6.08. The Balaban J connectivity index is 2.25. The van der Waals surface area contributed by atoms with Crippen LogP contribution in [0.15, 0.2) is 30.3 Å². The standard InChI is InChI=1S/C15H16F2OS/c1-3-13-4-5-14(19-13)9-15(2,18)10-6-11(16)8-12(17)7-10/h4-8,18H,3,9H2,1-2H3. The second kappa shape index (κ2) is 5.39. The van der Waals surface area contributed by atoms with E-state index in [1.165, 1.54) is 17.0 Å². The molecule has 0 aliphatic heterocycles. The van der Waals surface area contributed by atoms with Crippen molar-refractivity contribution in [1.82, 2.24) is 0 Å². The number of hydrogen-bond donors (Lipinski definition) is 1. The lowest BCUT2D eigenvalue weighted by Gasteiger charge is -2.23. The molecule has 1 aromatic heterocycles. The summed E-state index contributed by atoms with van der Waals surface area (Å²) < 4.78 is 26.4. The topological polar surface area (TPSA) is 20.2 Å². The minimum Gasteiger partial charge on any atom is -0.385 e. The van der Waals surface area contributed by atoms with E-state index >= 15 is 0 Å². The van der Waals surface area contributed by atoms with E-state index in [9.17, 15) is 13.9 Å². The van der Waals surface area contributed by atoms with Gasteiger partial charge in [-0.05, 0) is 43.2 Å². The van der Waals surface area contributed by atoms with E-state index < -0.39 is 17.2 Å². The highest BCUT2D eigenvalue weighted by molar-refractivity contribution is 7.12. The monoisotopic (exact) mass is 282 g/mol. The summed E-state index contributed by atoms with van der Waals surface area (Å²) in [6, 6.07) is 7.13. The molecule has 0 aliphatic carbocycles. The van der Waals surface area contributed by atoms with E-state index in [1.54, 1.807) is 18.3 Å². The normalized spacial score (nSPS) is 14.4. The Morgan fingerprint density at radius 1 is 1.11 bits per heavy atom. The van der Waals surface area contributed by atoms with Gasteiger partial charge in [0.05, 0.1) is 5.60 Å². The summed E-state index contributed by atoms with van der Waals surface area (Å²) in [7, 11) is 0. The summed E-state index contributed by atoms with van der Waals surface area (Å²) in [5.74, 6) is -1.34. The third kappa shape index (κ3) is 3.39. The zero-order valence-corrected chi connectivity index (χ0v) is 11.7. The Morgan fingerprint density at radius 3 is 2.21 bits per heavy atom. The van der Waals surface area contributed by atoms with E-state index in [1.807, 2.05) is 12.1 Å². The fourth-order valence-electron chi connectivity index (χ4n) is 2.01. The number of rotatable bonds is 4. The van der Waals surface area contributed by atoms with Gasteiger partial charge in [-0.2, -0.15) is 0 Å². The zero-order valence-electron chi connectivity index (χ0n) is 10.9. The molecule has 0 saturated carbocycles. The number of aryl methyl sites for hydroxylation is 1. The van der Waals surface area contributed by atoms with Crippen molar-refractivity contribution in [3.8, 4) is 0 Å². The molecule has 1 unspecified atom stereocenters. The van der Waals surface area contributed by atoms with E-state index in [2.05, 4.69) is 6.92 Å². The largest absolute Gasteiger partial charge is 0.385 e. The van der Waals surface area contributed by atoms with Crippen LogP contribution in [0.1, 0.15) is 29.2 Å². The molecule has 0 amide bonds. The van der Waals surface area contributed by atoms with Gasteiger partial charge in [0.2, 0.25) is 0 Å². The van der Waals surface area contributed by atoms with E-state index in [-0.39, 0.29) is 5.56 Å². The quantitative estimate of drug-likeness (QED) is 0.897. The smallest absolute Gasteiger partial charge is 0.126 e. The predicted molar refractivity (Wildman–Crippen MR) is 73.3 cm³/mol. The minimum atomic E-state index is -1.28. The summed E-state index contributed by atoms with van der Waals surface area (Å²) in [6.45, 7) is 3.64. The zero-order chi connectivity index (χ0) is 14.0. The Bertz CT molecular complexity index is 555. The molecule has 0 aliphatic rings. The van der Waals surface area contributed by atoms with Crippen LogP contribution in [0.2, 0.25) is 0 Å². The lowest BCUT2D eigenvalue weighted by atomic mass is 9.92. The minimum absolute atomic E-state index is 0.261. The van der Waals surface area contributed by atoms with Crippen LogP contribution in [0, 0.1) is 11.6 Å². The predicted octanol–water partition coefficient (Wildman–Crippen LogP) is 4.04. The Kier molecular flexibility index (Phi) is 4.02. The maximum absolute atomic E-state index is 13.2. The lowest BCUT2D eigenvalue weighted by Crippen LogP contribution is -2.24. The highest BCUT2D eigenvalue weighted by atomic mass is 32.1. The summed E-state index contributed by atoms with van der Waals surface area (Å²) in [5, 5.41) is 10.4. The van der Waals surface area contributed by atoms with Crippen LogP contribution in [0.25, 0.3) is 0 Å². The van der Waals surface area contributed by atoms with Crippen molar-refractivity contribution in [2.24, 2.45) is 0 Å². The molecule has 2 aromatic rings. The van der Waals surface area contributed by atoms with Crippen LogP contribution in [0.5, 0.6) is 0 Å². The Labute approximate surface area is 115 Å². The van der Waals surface area contributed by atoms with Crippen LogP contribution < -0.4 is 0 Å². The molecule has 1 aromatic carbocycles. The average molecular weight is 282 g/mol. The molecule has 102 valence electrons. The molecule has 2 rings (SSSR count). The third-order valence-electron chi connectivity index (χ3n) is 3.07. The van der Waals surface area contributed by atoms with Gasteiger partial charge in [-0.3, -0.25) is 0 Å². The number of halogens is 2. The molecule has 19 heavy (non-hydrogen) atoms. The van der Waals surface area contributed by atoms with Crippen molar-refractivity contribution in [1.29, 1.82) is 0 Å². The van der Waals surface area contributed by atoms with Gasteiger partial charge in [0.25, 0.3) is 0 Å². The highest BCUT2D eigenvalue weighted by Gasteiger charge is 2.25. The molecule has 4 heteroatoms. The maximum atomic E-state index is 13.2. The SMILES string of the molecule is CCc1ccc(CC(C)(O)c2cc(F)cc(F)c2)s1. The molecule has 1 atom stereocenters. The summed E-state index contributed by atoms with van der Waals surface area (Å²) in [5.41, 5.74) is -1.02. The van der Waals surface area contributed by atoms with Gasteiger partial charge in [-0.15, -0.1) is 11.3 Å². The first-order valence-corrected chi connectivity index (χ1v) is 6.99. The van der Waals surface area contributed by atoms with Crippen molar-refractivity contribution < 1.29 is 13.9 Å². The molecule has 0 saturated heterocycles. The van der Waals surface area contributed by atoms with E-state index in [0.717, 1.165) is 17.4 Å². The molecule has 1 heterocycles. The molecule has 0 radical (unpaired) electrons. The van der Waals surface area contributed by atoms with Crippen molar-refractivity contribution >= 4 is 11.3 Å². The van der Waals surface area contributed by atoms with Gasteiger partial charge in [0.15, 0.2) is 0 Å². The van der Waals surface area contributed by atoms with Crippen LogP contribution in [0.3, 0.4) is 0 Å². The van der Waals surface area contributed by atoms with Crippen LogP contribution in [0.4, 0.5) is 8.78 Å². The summed E-state index contributed by atoms with van der Waals surface area (Å²) >= 11 is 1.62. The van der Waals surface area contributed by atoms with Crippen molar-refractivity contribution in [2.45, 2.75) is 32.3 Å². The number of thiophene rings is 1. The second-order valence-electron chi connectivity index (χ2n) is 4.83. The van der Waals surface area contributed by atoms with Crippen molar-refractivity contribution in [3.63, 3.8) is 0 Å². The summed E-state index contributed by atoms with van der Waals surface area (Å²) in [4.78, 5) is 2.24. The molecule has 1 nitrogen and oxygen atoms in total. The van der Waals surface area contributed by atoms with Crippen LogP contribution in [-0.4, -0.2) is 5.11 Å². The van der Waals surface area contributed by atoms with E-state index in [4.69, 9.17) is 0 Å². The number of aliphatic hydroxyl groups is 1. The fraction of sp³-hybridized carbons (Fsp3) is 0.333. The van der Waals surface area contributed by atoms with Crippen LogP contribution in [-0.2, 0) is 18.4 Å². The Morgan fingerprint density at radius 2 is 1.68 bits per heavy atom. The number of hydrogen-bond acceptors (Lipinski definition) is 2. The first-order chi connectivity index (χ1) is 8.90. The molecule has 0 bridgehead atoms. The van der Waals surface area contributed by atoms with Gasteiger partial charge >= 0.3 is 0 Å². The summed E-state index contributed by atoms with van der Waals surface area (Å²) in [6.07, 6.45) is 1.29. The molecular formula is C15H16F2OS. The van der Waals surface area contributed by atoms with Gasteiger partial charge < -0.3 is 5.11 Å². The number of benzene rings is 1. The molecular weight excluding hydrogens is 266 g/mol. The first-order valence-electron chi connectivity index (χ1n) is 6.17. The molecule has 1 N–H and O–H groups in total.